The molecule has 1 heterocycles. The Morgan fingerprint density at radius 3 is 2.63 bits per heavy atom. The van der Waals surface area contributed by atoms with Gasteiger partial charge in [-0.2, -0.15) is 0 Å². The monoisotopic (exact) mass is 426 g/mol. The van der Waals surface area contributed by atoms with Gasteiger partial charge in [0.15, 0.2) is 0 Å². The van der Waals surface area contributed by atoms with E-state index in [0.29, 0.717) is 18.7 Å². The number of pyridine rings is 1. The molecule has 140 valence electrons. The zero-order valence-corrected chi connectivity index (χ0v) is 16.9. The second-order valence-corrected chi connectivity index (χ2v) is 7.34. The first-order valence-corrected chi connectivity index (χ1v) is 9.70. The van der Waals surface area contributed by atoms with E-state index in [0.717, 1.165) is 39.7 Å². The molecule has 1 amide bonds. The maximum absolute atomic E-state index is 12.8. The maximum Gasteiger partial charge on any atom is 0.252 e. The van der Waals surface area contributed by atoms with Crippen molar-refractivity contribution >= 4 is 32.7 Å². The van der Waals surface area contributed by atoms with E-state index in [1.807, 2.05) is 61.6 Å². The molecule has 0 bridgehead atoms. The van der Waals surface area contributed by atoms with Crippen molar-refractivity contribution in [1.29, 1.82) is 0 Å². The van der Waals surface area contributed by atoms with Crippen LogP contribution in [0.25, 0.3) is 22.2 Å². The number of carbonyl (C=O) groups is 1. The molecule has 0 saturated heterocycles. The summed E-state index contributed by atoms with van der Waals surface area (Å²) >= 11 is 3.45. The Morgan fingerprint density at radius 2 is 1.89 bits per heavy atom. The second kappa shape index (κ2) is 9.08. The normalized spacial score (nSPS) is 11.1. The molecule has 0 spiro atoms. The summed E-state index contributed by atoms with van der Waals surface area (Å²) in [5.74, 6) is -0.0897. The van der Waals surface area contributed by atoms with E-state index in [1.54, 1.807) is 0 Å². The number of hydrogen-bond acceptors (Lipinski definition) is 4. The van der Waals surface area contributed by atoms with Gasteiger partial charge in [-0.15, -0.1) is 0 Å². The molecule has 0 fully saturated rings. The Labute approximate surface area is 167 Å². The van der Waals surface area contributed by atoms with Crippen molar-refractivity contribution in [2.45, 2.75) is 0 Å². The minimum atomic E-state index is -0.0897. The molecule has 0 unspecified atom stereocenters. The highest BCUT2D eigenvalue weighted by Gasteiger charge is 2.14. The molecular formula is C21H23BrN4O. The molecule has 3 aromatic rings. The van der Waals surface area contributed by atoms with Gasteiger partial charge >= 0.3 is 0 Å². The van der Waals surface area contributed by atoms with Gasteiger partial charge in [0.25, 0.3) is 5.91 Å². The summed E-state index contributed by atoms with van der Waals surface area (Å²) in [6, 6.07) is 17.5. The van der Waals surface area contributed by atoms with E-state index in [2.05, 4.69) is 26.1 Å². The maximum atomic E-state index is 12.8. The summed E-state index contributed by atoms with van der Waals surface area (Å²) in [6.07, 6.45) is 0. The Balaban J connectivity index is 1.89. The Bertz CT molecular complexity index is 927. The smallest absolute Gasteiger partial charge is 0.252 e. The van der Waals surface area contributed by atoms with Crippen LogP contribution in [0.1, 0.15) is 10.4 Å². The number of rotatable bonds is 7. The number of nitrogens with two attached hydrogens (primary N) is 1. The third kappa shape index (κ3) is 4.91. The standard InChI is InChI=1S/C21H23BrN4O/c1-26(12-10-23)13-11-24-21(27)18-14-20(15-6-8-16(22)9-7-15)25-19-5-3-2-4-17(18)19/h2-9,14H,10-13,23H2,1H3,(H,24,27). The third-order valence-corrected chi connectivity index (χ3v) is 4.92. The van der Waals surface area contributed by atoms with Gasteiger partial charge in [-0.1, -0.05) is 46.3 Å². The Hall–Kier alpha value is -2.28. The van der Waals surface area contributed by atoms with E-state index < -0.39 is 0 Å². The van der Waals surface area contributed by atoms with Gasteiger partial charge in [0.05, 0.1) is 16.8 Å². The van der Waals surface area contributed by atoms with Crippen LogP contribution >= 0.6 is 15.9 Å². The fourth-order valence-electron chi connectivity index (χ4n) is 2.92. The number of halogens is 1. The van der Waals surface area contributed by atoms with Crippen LogP contribution in [0.4, 0.5) is 0 Å². The molecule has 0 aliphatic heterocycles. The number of carbonyl (C=O) groups excluding carboxylic acids is 1. The molecule has 3 rings (SSSR count). The van der Waals surface area contributed by atoms with Crippen molar-refractivity contribution in [2.75, 3.05) is 33.2 Å². The van der Waals surface area contributed by atoms with Gasteiger partial charge in [0.2, 0.25) is 0 Å². The summed E-state index contributed by atoms with van der Waals surface area (Å²) < 4.78 is 1.01. The van der Waals surface area contributed by atoms with Crippen LogP contribution in [-0.2, 0) is 0 Å². The molecule has 27 heavy (non-hydrogen) atoms. The largest absolute Gasteiger partial charge is 0.351 e. The summed E-state index contributed by atoms with van der Waals surface area (Å²) in [6.45, 7) is 2.74. The number of fused-ring (bicyclic) bond motifs is 1. The van der Waals surface area contributed by atoms with E-state index in [1.165, 1.54) is 0 Å². The predicted molar refractivity (Wildman–Crippen MR) is 114 cm³/mol. The van der Waals surface area contributed by atoms with Crippen molar-refractivity contribution < 1.29 is 4.79 Å². The molecule has 0 saturated carbocycles. The van der Waals surface area contributed by atoms with Crippen molar-refractivity contribution in [3.8, 4) is 11.3 Å². The Morgan fingerprint density at radius 1 is 1.15 bits per heavy atom. The molecule has 0 aliphatic carbocycles. The number of hydrogen-bond donors (Lipinski definition) is 2. The van der Waals surface area contributed by atoms with Crippen LogP contribution in [0.5, 0.6) is 0 Å². The van der Waals surface area contributed by atoms with Gasteiger partial charge in [0.1, 0.15) is 0 Å². The lowest BCUT2D eigenvalue weighted by atomic mass is 10.0. The summed E-state index contributed by atoms with van der Waals surface area (Å²) in [7, 11) is 1.99. The van der Waals surface area contributed by atoms with Crippen LogP contribution in [0, 0.1) is 0 Å². The van der Waals surface area contributed by atoms with E-state index in [9.17, 15) is 4.79 Å². The highest BCUT2D eigenvalue weighted by molar-refractivity contribution is 9.10. The fourth-order valence-corrected chi connectivity index (χ4v) is 3.18. The van der Waals surface area contributed by atoms with E-state index in [-0.39, 0.29) is 5.91 Å². The van der Waals surface area contributed by atoms with Crippen LogP contribution in [-0.4, -0.2) is 49.0 Å². The van der Waals surface area contributed by atoms with E-state index in [4.69, 9.17) is 10.7 Å². The predicted octanol–water partition coefficient (Wildman–Crippen LogP) is 3.28. The van der Waals surface area contributed by atoms with Crippen LogP contribution < -0.4 is 11.1 Å². The number of nitrogens with zero attached hydrogens (tertiary/aromatic N) is 2. The quantitative estimate of drug-likeness (QED) is 0.607. The number of para-hydroxylation sites is 1. The van der Waals surface area contributed by atoms with Crippen molar-refractivity contribution in [1.82, 2.24) is 15.2 Å². The number of nitrogens with one attached hydrogen (secondary N) is 1. The molecule has 0 aliphatic rings. The molecule has 0 atom stereocenters. The van der Waals surface area contributed by atoms with Crippen LogP contribution in [0.2, 0.25) is 0 Å². The first kappa shape index (κ1) is 19.5. The van der Waals surface area contributed by atoms with Gasteiger partial charge in [-0.05, 0) is 31.3 Å². The molecule has 5 nitrogen and oxygen atoms in total. The molecule has 2 aromatic carbocycles. The lowest BCUT2D eigenvalue weighted by Crippen LogP contribution is -2.35. The zero-order chi connectivity index (χ0) is 19.2. The van der Waals surface area contributed by atoms with Gasteiger partial charge in [-0.3, -0.25) is 4.79 Å². The molecule has 6 heteroatoms. The molecular weight excluding hydrogens is 404 g/mol. The van der Waals surface area contributed by atoms with Crippen LogP contribution in [0.15, 0.2) is 59.1 Å². The first-order valence-electron chi connectivity index (χ1n) is 8.91. The highest BCUT2D eigenvalue weighted by Crippen LogP contribution is 2.26. The molecule has 3 N–H and O–H groups in total. The van der Waals surface area contributed by atoms with Gasteiger partial charge in [0, 0.05) is 41.6 Å². The number of benzene rings is 2. The Kier molecular flexibility index (Phi) is 6.55. The summed E-state index contributed by atoms with van der Waals surface area (Å²) in [5.41, 5.74) is 8.76. The zero-order valence-electron chi connectivity index (χ0n) is 15.3. The van der Waals surface area contributed by atoms with Crippen molar-refractivity contribution in [3.05, 3.63) is 64.6 Å². The molecule has 1 aromatic heterocycles. The lowest BCUT2D eigenvalue weighted by Gasteiger charge is -2.16. The second-order valence-electron chi connectivity index (χ2n) is 6.43. The summed E-state index contributed by atoms with van der Waals surface area (Å²) in [4.78, 5) is 19.7. The van der Waals surface area contributed by atoms with Gasteiger partial charge < -0.3 is 16.0 Å². The average Bonchev–Trinajstić information content (AvgIpc) is 2.68. The number of likely N-dealkylation sites (N-methyl/N-ethyl adjacent to an activating group) is 1. The fraction of sp³-hybridized carbons (Fsp3) is 0.238. The van der Waals surface area contributed by atoms with Gasteiger partial charge in [-0.25, -0.2) is 4.98 Å². The van der Waals surface area contributed by atoms with Crippen molar-refractivity contribution in [2.24, 2.45) is 5.73 Å². The topological polar surface area (TPSA) is 71.2 Å². The number of amides is 1. The molecule has 0 radical (unpaired) electrons. The average molecular weight is 427 g/mol. The first-order chi connectivity index (χ1) is 13.1. The third-order valence-electron chi connectivity index (χ3n) is 4.39. The van der Waals surface area contributed by atoms with Crippen molar-refractivity contribution in [3.63, 3.8) is 0 Å². The minimum absolute atomic E-state index is 0.0897. The van der Waals surface area contributed by atoms with E-state index >= 15 is 0 Å². The van der Waals surface area contributed by atoms with Crippen LogP contribution in [0.3, 0.4) is 0 Å². The highest BCUT2D eigenvalue weighted by atomic mass is 79.9. The summed E-state index contributed by atoms with van der Waals surface area (Å²) in [5, 5.41) is 3.86. The number of aromatic nitrogens is 1. The minimum Gasteiger partial charge on any atom is -0.351 e. The lowest BCUT2D eigenvalue weighted by molar-refractivity contribution is 0.0951. The SMILES string of the molecule is CN(CCN)CCNC(=O)c1cc(-c2ccc(Br)cc2)nc2ccccc12.